The number of hydrogen-bond donors (Lipinski definition) is 0. The average molecular weight is 478 g/mol. The molecule has 0 amide bonds. The Labute approximate surface area is 212 Å². The summed E-state index contributed by atoms with van der Waals surface area (Å²) in [4.78, 5) is 0. The van der Waals surface area contributed by atoms with E-state index < -0.39 is 9.04 Å². The summed E-state index contributed by atoms with van der Waals surface area (Å²) in [5.41, 5.74) is 6.83. The predicted molar refractivity (Wildman–Crippen MR) is 155 cm³/mol. The van der Waals surface area contributed by atoms with Gasteiger partial charge in [-0.3, -0.25) is 0 Å². The quantitative estimate of drug-likeness (QED) is 0.185. The SMILES string of the molecule is C[Si](C)OCc1c(-c2ccc3ccc4cccc5ccc2c3c45)cc(C(C)(C)C)cc1C(C)(C)C. The van der Waals surface area contributed by atoms with E-state index in [9.17, 15) is 0 Å². The van der Waals surface area contributed by atoms with Gasteiger partial charge in [-0.25, -0.2) is 0 Å². The lowest BCUT2D eigenvalue weighted by Gasteiger charge is -2.30. The lowest BCUT2D eigenvalue weighted by Crippen LogP contribution is -2.21. The molecule has 0 heterocycles. The van der Waals surface area contributed by atoms with E-state index in [1.165, 1.54) is 60.1 Å². The third-order valence-corrected chi connectivity index (χ3v) is 7.97. The predicted octanol–water partition coefficient (Wildman–Crippen LogP) is 9.61. The molecule has 0 spiro atoms. The van der Waals surface area contributed by atoms with Crippen molar-refractivity contribution < 1.29 is 4.43 Å². The number of hydrogen-bond acceptors (Lipinski definition) is 1. The van der Waals surface area contributed by atoms with Gasteiger partial charge in [-0.15, -0.1) is 0 Å². The molecule has 5 aromatic rings. The molecule has 0 aliphatic heterocycles. The van der Waals surface area contributed by atoms with Gasteiger partial charge in [0.1, 0.15) is 0 Å². The highest BCUT2D eigenvalue weighted by Crippen LogP contribution is 2.43. The summed E-state index contributed by atoms with van der Waals surface area (Å²) >= 11 is 0. The molecule has 35 heavy (non-hydrogen) atoms. The van der Waals surface area contributed by atoms with Crippen LogP contribution in [0.5, 0.6) is 0 Å². The lowest BCUT2D eigenvalue weighted by molar-refractivity contribution is 0.311. The lowest BCUT2D eigenvalue weighted by atomic mass is 9.75. The first-order valence-electron chi connectivity index (χ1n) is 12.7. The van der Waals surface area contributed by atoms with Crippen molar-refractivity contribution >= 4 is 41.4 Å². The Kier molecular flexibility index (Phi) is 5.81. The van der Waals surface area contributed by atoms with Crippen LogP contribution < -0.4 is 0 Å². The molecular formula is C33H37OSi. The van der Waals surface area contributed by atoms with Crippen LogP contribution in [-0.2, 0) is 21.9 Å². The van der Waals surface area contributed by atoms with Gasteiger partial charge in [-0.1, -0.05) is 108 Å². The normalized spacial score (nSPS) is 13.1. The highest BCUT2D eigenvalue weighted by Gasteiger charge is 2.26. The van der Waals surface area contributed by atoms with E-state index >= 15 is 0 Å². The summed E-state index contributed by atoms with van der Waals surface area (Å²) in [6, 6.07) is 25.3. The molecule has 5 rings (SSSR count). The molecule has 0 fully saturated rings. The molecule has 0 atom stereocenters. The third kappa shape index (κ3) is 4.28. The minimum Gasteiger partial charge on any atom is -0.413 e. The molecule has 0 saturated heterocycles. The van der Waals surface area contributed by atoms with Crippen molar-refractivity contribution in [1.82, 2.24) is 0 Å². The van der Waals surface area contributed by atoms with Crippen LogP contribution in [0.1, 0.15) is 58.2 Å². The van der Waals surface area contributed by atoms with Gasteiger partial charge >= 0.3 is 0 Å². The van der Waals surface area contributed by atoms with Gasteiger partial charge < -0.3 is 4.43 Å². The van der Waals surface area contributed by atoms with Crippen LogP contribution in [0.4, 0.5) is 0 Å². The Morgan fingerprint density at radius 3 is 1.86 bits per heavy atom. The van der Waals surface area contributed by atoms with Gasteiger partial charge in [0.25, 0.3) is 0 Å². The Morgan fingerprint density at radius 2 is 1.26 bits per heavy atom. The van der Waals surface area contributed by atoms with Crippen molar-refractivity contribution in [2.75, 3.05) is 0 Å². The van der Waals surface area contributed by atoms with Crippen molar-refractivity contribution in [3.05, 3.63) is 83.4 Å². The molecule has 0 unspecified atom stereocenters. The molecule has 1 radical (unpaired) electrons. The van der Waals surface area contributed by atoms with E-state index in [4.69, 9.17) is 4.43 Å². The second-order valence-corrected chi connectivity index (χ2v) is 14.3. The molecule has 0 bridgehead atoms. The van der Waals surface area contributed by atoms with Gasteiger partial charge in [0.2, 0.25) is 9.04 Å². The molecule has 0 N–H and O–H groups in total. The first-order valence-corrected chi connectivity index (χ1v) is 15.1. The Morgan fingerprint density at radius 1 is 0.657 bits per heavy atom. The fourth-order valence-corrected chi connectivity index (χ4v) is 5.79. The van der Waals surface area contributed by atoms with Crippen molar-refractivity contribution in [1.29, 1.82) is 0 Å². The Balaban J connectivity index is 1.90. The first kappa shape index (κ1) is 24.0. The molecular weight excluding hydrogens is 440 g/mol. The third-order valence-electron chi connectivity index (χ3n) is 7.25. The maximum Gasteiger partial charge on any atom is 0.205 e. The van der Waals surface area contributed by atoms with Crippen LogP contribution in [0.2, 0.25) is 13.1 Å². The number of benzene rings is 5. The molecule has 0 aliphatic carbocycles. The zero-order valence-corrected chi connectivity index (χ0v) is 23.5. The second-order valence-electron chi connectivity index (χ2n) is 12.2. The minimum absolute atomic E-state index is 0.0207. The van der Waals surface area contributed by atoms with E-state index in [-0.39, 0.29) is 10.8 Å². The van der Waals surface area contributed by atoms with Crippen molar-refractivity contribution in [2.24, 2.45) is 0 Å². The molecule has 0 aromatic heterocycles. The summed E-state index contributed by atoms with van der Waals surface area (Å²) in [6.07, 6.45) is 0. The Hall–Kier alpha value is -2.68. The molecule has 5 aromatic carbocycles. The summed E-state index contributed by atoms with van der Waals surface area (Å²) < 4.78 is 6.38. The highest BCUT2D eigenvalue weighted by atomic mass is 28.3. The van der Waals surface area contributed by atoms with Crippen LogP contribution in [0.25, 0.3) is 43.4 Å². The summed E-state index contributed by atoms with van der Waals surface area (Å²) in [7, 11) is -0.812. The maximum absolute atomic E-state index is 6.38. The Bertz CT molecular complexity index is 1510. The fraction of sp³-hybridized carbons (Fsp3) is 0.333. The zero-order valence-electron chi connectivity index (χ0n) is 22.5. The van der Waals surface area contributed by atoms with Gasteiger partial charge in [-0.2, -0.15) is 0 Å². The van der Waals surface area contributed by atoms with Gasteiger partial charge in [-0.05, 0) is 84.1 Å². The van der Waals surface area contributed by atoms with Crippen LogP contribution >= 0.6 is 0 Å². The van der Waals surface area contributed by atoms with Crippen molar-refractivity contribution in [3.63, 3.8) is 0 Å². The van der Waals surface area contributed by atoms with E-state index in [1.807, 2.05) is 0 Å². The van der Waals surface area contributed by atoms with Crippen LogP contribution in [0.3, 0.4) is 0 Å². The van der Waals surface area contributed by atoms with Crippen molar-refractivity contribution in [2.45, 2.75) is 72.1 Å². The largest absolute Gasteiger partial charge is 0.413 e. The maximum atomic E-state index is 6.38. The van der Waals surface area contributed by atoms with Gasteiger partial charge in [0.15, 0.2) is 0 Å². The monoisotopic (exact) mass is 477 g/mol. The van der Waals surface area contributed by atoms with E-state index in [0.717, 1.165) is 0 Å². The van der Waals surface area contributed by atoms with Gasteiger partial charge in [0.05, 0.1) is 6.61 Å². The van der Waals surface area contributed by atoms with Crippen molar-refractivity contribution in [3.8, 4) is 11.1 Å². The molecule has 179 valence electrons. The van der Waals surface area contributed by atoms with E-state index in [2.05, 4.69) is 121 Å². The van der Waals surface area contributed by atoms with E-state index in [1.54, 1.807) is 0 Å². The molecule has 1 nitrogen and oxygen atoms in total. The number of rotatable bonds is 4. The summed E-state index contributed by atoms with van der Waals surface area (Å²) in [5.74, 6) is 0. The van der Waals surface area contributed by atoms with Gasteiger partial charge in [0, 0.05) is 0 Å². The minimum atomic E-state index is -0.812. The fourth-order valence-electron chi connectivity index (χ4n) is 5.36. The molecule has 0 aliphatic rings. The molecule has 2 heteroatoms. The van der Waals surface area contributed by atoms with Crippen LogP contribution in [-0.4, -0.2) is 9.04 Å². The summed E-state index contributed by atoms with van der Waals surface area (Å²) in [6.45, 7) is 19.0. The van der Waals surface area contributed by atoms with Crippen LogP contribution in [0, 0.1) is 0 Å². The van der Waals surface area contributed by atoms with Crippen LogP contribution in [0.15, 0.2) is 66.7 Å². The molecule has 0 saturated carbocycles. The average Bonchev–Trinajstić information content (AvgIpc) is 2.79. The standard InChI is InChI=1S/C33H37OSi/c1-32(2,3)24-18-27(28(20-34-35(7)8)29(19-24)33(4,5)6)25-16-14-23-13-12-21-10-9-11-22-15-17-26(25)31(23)30(21)22/h9-19H,20H2,1-8H3. The van der Waals surface area contributed by atoms with E-state index in [0.29, 0.717) is 6.61 Å². The summed E-state index contributed by atoms with van der Waals surface area (Å²) in [5, 5.41) is 8.00. The zero-order chi connectivity index (χ0) is 25.1. The topological polar surface area (TPSA) is 9.23 Å². The highest BCUT2D eigenvalue weighted by molar-refractivity contribution is 6.48. The second kappa shape index (κ2) is 8.46. The first-order chi connectivity index (χ1) is 16.4. The smallest absolute Gasteiger partial charge is 0.205 e.